The summed E-state index contributed by atoms with van der Waals surface area (Å²) >= 11 is 0. The van der Waals surface area contributed by atoms with E-state index in [2.05, 4.69) is 32.2 Å². The fourth-order valence-corrected chi connectivity index (χ4v) is 1.68. The van der Waals surface area contributed by atoms with E-state index in [9.17, 15) is 4.79 Å². The number of benzene rings is 1. The van der Waals surface area contributed by atoms with Crippen molar-refractivity contribution in [2.24, 2.45) is 5.41 Å². The highest BCUT2D eigenvalue weighted by Gasteiger charge is 2.27. The maximum Gasteiger partial charge on any atom is 0.310 e. The van der Waals surface area contributed by atoms with E-state index in [0.717, 1.165) is 5.69 Å². The van der Waals surface area contributed by atoms with Gasteiger partial charge in [0.05, 0.1) is 5.41 Å². The van der Waals surface area contributed by atoms with E-state index in [0.29, 0.717) is 6.54 Å². The van der Waals surface area contributed by atoms with Crippen LogP contribution in [-0.4, -0.2) is 17.6 Å². The second-order valence-corrected chi connectivity index (χ2v) is 6.34. The summed E-state index contributed by atoms with van der Waals surface area (Å²) in [6, 6.07) is 8.05. The number of hydrogen-bond donors (Lipinski definition) is 2. The quantitative estimate of drug-likeness (QED) is 0.858. The Bertz CT molecular complexity index is 430. The summed E-state index contributed by atoms with van der Waals surface area (Å²) in [4.78, 5) is 11.1. The van der Waals surface area contributed by atoms with Crippen molar-refractivity contribution >= 4 is 11.7 Å². The molecule has 0 aliphatic heterocycles. The molecule has 0 aliphatic rings. The van der Waals surface area contributed by atoms with Crippen LogP contribution >= 0.6 is 0 Å². The molecule has 0 aliphatic carbocycles. The van der Waals surface area contributed by atoms with Gasteiger partial charge in [0.25, 0.3) is 0 Å². The molecule has 0 spiro atoms. The zero-order valence-corrected chi connectivity index (χ0v) is 11.9. The van der Waals surface area contributed by atoms with E-state index in [-0.39, 0.29) is 5.41 Å². The molecule has 0 saturated heterocycles. The second-order valence-electron chi connectivity index (χ2n) is 6.34. The number of hydrogen-bond acceptors (Lipinski definition) is 2. The Morgan fingerprint density at radius 2 is 1.72 bits per heavy atom. The van der Waals surface area contributed by atoms with Crippen LogP contribution in [0.4, 0.5) is 5.69 Å². The standard InChI is InChI=1S/C15H23NO2/c1-14(2,3)11-8-6-7-9-12(11)16-10-15(4,5)13(17)18/h6-9,16H,10H2,1-5H3,(H,17,18). The molecule has 3 nitrogen and oxygen atoms in total. The van der Waals surface area contributed by atoms with Crippen LogP contribution in [0, 0.1) is 5.41 Å². The molecule has 1 rings (SSSR count). The van der Waals surface area contributed by atoms with E-state index in [4.69, 9.17) is 5.11 Å². The smallest absolute Gasteiger partial charge is 0.310 e. The average molecular weight is 249 g/mol. The van der Waals surface area contributed by atoms with Gasteiger partial charge < -0.3 is 10.4 Å². The molecule has 0 heterocycles. The van der Waals surface area contributed by atoms with Gasteiger partial charge in [0.15, 0.2) is 0 Å². The minimum atomic E-state index is -0.789. The maximum atomic E-state index is 11.1. The van der Waals surface area contributed by atoms with Crippen LogP contribution in [-0.2, 0) is 10.2 Å². The van der Waals surface area contributed by atoms with Gasteiger partial charge in [-0.1, -0.05) is 39.0 Å². The Morgan fingerprint density at radius 1 is 1.17 bits per heavy atom. The number of carboxylic acids is 1. The van der Waals surface area contributed by atoms with Gasteiger partial charge >= 0.3 is 5.97 Å². The summed E-state index contributed by atoms with van der Waals surface area (Å²) in [7, 11) is 0. The molecule has 1 aromatic rings. The van der Waals surface area contributed by atoms with Crippen LogP contribution in [0.2, 0.25) is 0 Å². The fourth-order valence-electron chi connectivity index (χ4n) is 1.68. The Labute approximate surface area is 109 Å². The van der Waals surface area contributed by atoms with Crippen molar-refractivity contribution in [3.8, 4) is 0 Å². The van der Waals surface area contributed by atoms with Gasteiger partial charge in [-0.15, -0.1) is 0 Å². The minimum Gasteiger partial charge on any atom is -0.481 e. The lowest BCUT2D eigenvalue weighted by atomic mass is 9.85. The van der Waals surface area contributed by atoms with Crippen molar-refractivity contribution in [2.75, 3.05) is 11.9 Å². The van der Waals surface area contributed by atoms with Gasteiger partial charge in [0.1, 0.15) is 0 Å². The Kier molecular flexibility index (Phi) is 4.05. The van der Waals surface area contributed by atoms with Crippen LogP contribution in [0.15, 0.2) is 24.3 Å². The van der Waals surface area contributed by atoms with Crippen LogP contribution in [0.1, 0.15) is 40.2 Å². The van der Waals surface area contributed by atoms with Gasteiger partial charge in [-0.3, -0.25) is 4.79 Å². The molecule has 0 amide bonds. The van der Waals surface area contributed by atoms with E-state index in [1.54, 1.807) is 13.8 Å². The van der Waals surface area contributed by atoms with E-state index in [1.807, 2.05) is 18.2 Å². The molecule has 0 fully saturated rings. The number of rotatable bonds is 4. The predicted molar refractivity (Wildman–Crippen MR) is 75.0 cm³/mol. The number of carbonyl (C=O) groups is 1. The predicted octanol–water partition coefficient (Wildman–Crippen LogP) is 3.51. The first-order valence-corrected chi connectivity index (χ1v) is 6.21. The number of carboxylic acid groups (broad SMARTS) is 1. The highest BCUT2D eigenvalue weighted by Crippen LogP contribution is 2.30. The van der Waals surface area contributed by atoms with Crippen molar-refractivity contribution in [2.45, 2.75) is 40.0 Å². The van der Waals surface area contributed by atoms with Crippen molar-refractivity contribution in [3.05, 3.63) is 29.8 Å². The summed E-state index contributed by atoms with van der Waals surface area (Å²) in [6.45, 7) is 10.3. The molecule has 0 unspecified atom stereocenters. The fraction of sp³-hybridized carbons (Fsp3) is 0.533. The highest BCUT2D eigenvalue weighted by atomic mass is 16.4. The summed E-state index contributed by atoms with van der Waals surface area (Å²) in [5.74, 6) is -0.789. The molecule has 0 radical (unpaired) electrons. The van der Waals surface area contributed by atoms with Crippen molar-refractivity contribution in [3.63, 3.8) is 0 Å². The summed E-state index contributed by atoms with van der Waals surface area (Å²) in [5, 5.41) is 12.4. The number of nitrogens with one attached hydrogen (secondary N) is 1. The molecular weight excluding hydrogens is 226 g/mol. The van der Waals surface area contributed by atoms with Gasteiger partial charge in [0, 0.05) is 12.2 Å². The Hall–Kier alpha value is -1.51. The molecule has 0 bridgehead atoms. The van der Waals surface area contributed by atoms with Crippen molar-refractivity contribution in [1.29, 1.82) is 0 Å². The van der Waals surface area contributed by atoms with Crippen LogP contribution in [0.25, 0.3) is 0 Å². The minimum absolute atomic E-state index is 0.0387. The zero-order valence-electron chi connectivity index (χ0n) is 11.9. The molecule has 2 N–H and O–H groups in total. The molecule has 0 saturated carbocycles. The first kappa shape index (κ1) is 14.6. The molecule has 3 heteroatoms. The SMILES string of the molecule is CC(C)(CNc1ccccc1C(C)(C)C)C(=O)O. The van der Waals surface area contributed by atoms with Gasteiger partial charge in [-0.2, -0.15) is 0 Å². The van der Waals surface area contributed by atoms with Crippen LogP contribution in [0.5, 0.6) is 0 Å². The van der Waals surface area contributed by atoms with Crippen molar-refractivity contribution < 1.29 is 9.90 Å². The normalized spacial score (nSPS) is 12.3. The summed E-state index contributed by atoms with van der Waals surface area (Å²) in [5.41, 5.74) is 1.48. The molecule has 1 aromatic carbocycles. The molecule has 0 atom stereocenters. The third-order valence-electron chi connectivity index (χ3n) is 3.03. The molecule has 0 aromatic heterocycles. The third-order valence-corrected chi connectivity index (χ3v) is 3.03. The first-order valence-electron chi connectivity index (χ1n) is 6.21. The Morgan fingerprint density at radius 3 is 2.22 bits per heavy atom. The largest absolute Gasteiger partial charge is 0.481 e. The lowest BCUT2D eigenvalue weighted by molar-refractivity contribution is -0.146. The van der Waals surface area contributed by atoms with Gasteiger partial charge in [0.2, 0.25) is 0 Å². The summed E-state index contributed by atoms with van der Waals surface area (Å²) in [6.07, 6.45) is 0. The lowest BCUT2D eigenvalue weighted by Gasteiger charge is -2.26. The van der Waals surface area contributed by atoms with Crippen molar-refractivity contribution in [1.82, 2.24) is 0 Å². The topological polar surface area (TPSA) is 49.3 Å². The average Bonchev–Trinajstić information content (AvgIpc) is 2.25. The maximum absolute atomic E-state index is 11.1. The van der Waals surface area contributed by atoms with E-state index >= 15 is 0 Å². The second kappa shape index (κ2) is 5.01. The zero-order chi connectivity index (χ0) is 14.0. The molecule has 100 valence electrons. The number of anilines is 1. The van der Waals surface area contributed by atoms with Crippen LogP contribution < -0.4 is 5.32 Å². The van der Waals surface area contributed by atoms with Gasteiger partial charge in [-0.25, -0.2) is 0 Å². The number of aliphatic carboxylic acids is 1. The highest BCUT2D eigenvalue weighted by molar-refractivity contribution is 5.74. The Balaban J connectivity index is 2.90. The first-order chi connectivity index (χ1) is 8.14. The monoisotopic (exact) mass is 249 g/mol. The van der Waals surface area contributed by atoms with E-state index in [1.165, 1.54) is 5.56 Å². The van der Waals surface area contributed by atoms with Gasteiger partial charge in [-0.05, 0) is 30.9 Å². The lowest BCUT2D eigenvalue weighted by Crippen LogP contribution is -2.32. The number of para-hydroxylation sites is 1. The molecular formula is C15H23NO2. The molecule has 18 heavy (non-hydrogen) atoms. The van der Waals surface area contributed by atoms with Crippen LogP contribution in [0.3, 0.4) is 0 Å². The third kappa shape index (κ3) is 3.49. The summed E-state index contributed by atoms with van der Waals surface area (Å²) < 4.78 is 0. The van der Waals surface area contributed by atoms with E-state index < -0.39 is 11.4 Å².